The van der Waals surface area contributed by atoms with Gasteiger partial charge in [-0.3, -0.25) is 0 Å². The molecule has 0 aromatic heterocycles. The number of rotatable bonds is 3. The van der Waals surface area contributed by atoms with E-state index >= 15 is 0 Å². The average Bonchev–Trinajstić information content (AvgIpc) is 2.04. The van der Waals surface area contributed by atoms with E-state index in [1.54, 1.807) is 0 Å². The molecular formula is C8H16N2O2S. The molecule has 4 nitrogen and oxygen atoms in total. The number of hydrogen-bond acceptors (Lipinski definition) is 3. The Hall–Kier alpha value is -0.420. The van der Waals surface area contributed by atoms with Crippen molar-refractivity contribution in [2.45, 2.75) is 19.3 Å². The minimum Gasteiger partial charge on any atom is -0.317 e. The first-order chi connectivity index (χ1) is 6.08. The Bertz CT molecular complexity index is 266. The lowest BCUT2D eigenvalue weighted by Gasteiger charge is -2.20. The van der Waals surface area contributed by atoms with Gasteiger partial charge in [-0.25, -0.2) is 8.42 Å². The SMILES string of the molecule is CS(=O)(=O)N=CCC1CCNCC1. The lowest BCUT2D eigenvalue weighted by molar-refractivity contribution is 0.386. The van der Waals surface area contributed by atoms with Crippen molar-refractivity contribution in [3.8, 4) is 0 Å². The summed E-state index contributed by atoms with van der Waals surface area (Å²) in [4.78, 5) is 0. The van der Waals surface area contributed by atoms with Crippen LogP contribution in [0.4, 0.5) is 0 Å². The Labute approximate surface area is 79.5 Å². The first-order valence-corrected chi connectivity index (χ1v) is 6.37. The van der Waals surface area contributed by atoms with Crippen molar-refractivity contribution >= 4 is 16.2 Å². The number of sulfonamides is 1. The first-order valence-electron chi connectivity index (χ1n) is 4.52. The van der Waals surface area contributed by atoms with Crippen LogP contribution >= 0.6 is 0 Å². The predicted octanol–water partition coefficient (Wildman–Crippen LogP) is 0.407. The molecule has 0 aromatic rings. The van der Waals surface area contributed by atoms with Gasteiger partial charge in [-0.1, -0.05) is 0 Å². The molecule has 13 heavy (non-hydrogen) atoms. The van der Waals surface area contributed by atoms with Crippen molar-refractivity contribution in [3.05, 3.63) is 0 Å². The van der Waals surface area contributed by atoms with Gasteiger partial charge in [-0.2, -0.15) is 4.40 Å². The van der Waals surface area contributed by atoms with Crippen LogP contribution in [0.1, 0.15) is 19.3 Å². The second-order valence-corrected chi connectivity index (χ2v) is 5.13. The third kappa shape index (κ3) is 5.00. The van der Waals surface area contributed by atoms with Crippen molar-refractivity contribution in [1.82, 2.24) is 5.32 Å². The van der Waals surface area contributed by atoms with Crippen LogP contribution in [-0.2, 0) is 10.0 Å². The summed E-state index contributed by atoms with van der Waals surface area (Å²) in [6, 6.07) is 0. The van der Waals surface area contributed by atoms with Gasteiger partial charge >= 0.3 is 0 Å². The maximum atomic E-state index is 10.7. The molecule has 1 saturated heterocycles. The molecule has 1 fully saturated rings. The number of nitrogens with one attached hydrogen (secondary N) is 1. The molecule has 0 radical (unpaired) electrons. The molecule has 5 heteroatoms. The smallest absolute Gasteiger partial charge is 0.249 e. The minimum atomic E-state index is -3.17. The Morgan fingerprint density at radius 1 is 1.46 bits per heavy atom. The van der Waals surface area contributed by atoms with Gasteiger partial charge in [0.05, 0.1) is 6.26 Å². The summed E-state index contributed by atoms with van der Waals surface area (Å²) in [5, 5.41) is 3.26. The zero-order valence-electron chi connectivity index (χ0n) is 7.86. The van der Waals surface area contributed by atoms with Crippen LogP contribution in [0.2, 0.25) is 0 Å². The van der Waals surface area contributed by atoms with Crippen LogP contribution in [0.25, 0.3) is 0 Å². The maximum absolute atomic E-state index is 10.7. The van der Waals surface area contributed by atoms with Gasteiger partial charge in [0.1, 0.15) is 0 Å². The van der Waals surface area contributed by atoms with Gasteiger partial charge < -0.3 is 5.32 Å². The van der Waals surface area contributed by atoms with Crippen LogP contribution in [0.3, 0.4) is 0 Å². The Kier molecular flexibility index (Phi) is 3.87. The van der Waals surface area contributed by atoms with E-state index < -0.39 is 10.0 Å². The lowest BCUT2D eigenvalue weighted by Crippen LogP contribution is -2.27. The Balaban J connectivity index is 2.29. The highest BCUT2D eigenvalue weighted by Gasteiger charge is 2.11. The average molecular weight is 204 g/mol. The first kappa shape index (κ1) is 10.7. The number of piperidine rings is 1. The fourth-order valence-corrected chi connectivity index (χ4v) is 1.80. The molecule has 1 N–H and O–H groups in total. The highest BCUT2D eigenvalue weighted by atomic mass is 32.2. The van der Waals surface area contributed by atoms with Crippen molar-refractivity contribution < 1.29 is 8.42 Å². The standard InChI is InChI=1S/C8H16N2O2S/c1-13(11,12)10-7-4-8-2-5-9-6-3-8/h7-9H,2-6H2,1H3. The summed E-state index contributed by atoms with van der Waals surface area (Å²) in [6.07, 6.45) is 5.68. The van der Waals surface area contributed by atoms with Gasteiger partial charge in [-0.05, 0) is 38.3 Å². The molecule has 0 spiro atoms. The zero-order valence-corrected chi connectivity index (χ0v) is 8.68. The number of hydrogen-bond donors (Lipinski definition) is 1. The summed E-state index contributed by atoms with van der Waals surface area (Å²) in [5.74, 6) is 0.603. The van der Waals surface area contributed by atoms with Crippen molar-refractivity contribution in [2.75, 3.05) is 19.3 Å². The van der Waals surface area contributed by atoms with E-state index in [-0.39, 0.29) is 0 Å². The molecule has 1 rings (SSSR count). The second-order valence-electron chi connectivity index (χ2n) is 3.45. The topological polar surface area (TPSA) is 58.5 Å². The maximum Gasteiger partial charge on any atom is 0.249 e. The highest BCUT2D eigenvalue weighted by molar-refractivity contribution is 7.89. The lowest BCUT2D eigenvalue weighted by atomic mass is 9.95. The molecule has 0 aromatic carbocycles. The summed E-state index contributed by atoms with van der Waals surface area (Å²) >= 11 is 0. The quantitative estimate of drug-likeness (QED) is 0.677. The zero-order chi connectivity index (χ0) is 9.73. The molecule has 0 saturated carbocycles. The predicted molar refractivity (Wildman–Crippen MR) is 53.5 cm³/mol. The van der Waals surface area contributed by atoms with Gasteiger partial charge in [0.2, 0.25) is 10.0 Å². The summed E-state index contributed by atoms with van der Waals surface area (Å²) in [5.41, 5.74) is 0. The molecule has 0 amide bonds. The summed E-state index contributed by atoms with van der Waals surface area (Å²) < 4.78 is 24.8. The van der Waals surface area contributed by atoms with Crippen molar-refractivity contribution in [1.29, 1.82) is 0 Å². The second kappa shape index (κ2) is 4.72. The van der Waals surface area contributed by atoms with Crippen molar-refractivity contribution in [2.24, 2.45) is 10.3 Å². The van der Waals surface area contributed by atoms with E-state index in [2.05, 4.69) is 9.71 Å². The van der Waals surface area contributed by atoms with E-state index in [1.165, 1.54) is 6.21 Å². The molecule has 0 bridgehead atoms. The van der Waals surface area contributed by atoms with Gasteiger partial charge in [0.25, 0.3) is 0 Å². The fraction of sp³-hybridized carbons (Fsp3) is 0.875. The monoisotopic (exact) mass is 204 g/mol. The van der Waals surface area contributed by atoms with E-state index in [4.69, 9.17) is 0 Å². The molecule has 0 aliphatic carbocycles. The van der Waals surface area contributed by atoms with Crippen LogP contribution in [0.15, 0.2) is 4.40 Å². The minimum absolute atomic E-state index is 0.603. The third-order valence-corrected chi connectivity index (χ3v) is 2.70. The molecule has 76 valence electrons. The highest BCUT2D eigenvalue weighted by Crippen LogP contribution is 2.14. The molecule has 0 unspecified atom stereocenters. The summed E-state index contributed by atoms with van der Waals surface area (Å²) in [6.45, 7) is 2.08. The fourth-order valence-electron chi connectivity index (χ4n) is 1.44. The van der Waals surface area contributed by atoms with Crippen LogP contribution in [0, 0.1) is 5.92 Å². The van der Waals surface area contributed by atoms with E-state index in [0.717, 1.165) is 38.6 Å². The Morgan fingerprint density at radius 3 is 2.62 bits per heavy atom. The van der Waals surface area contributed by atoms with Crippen molar-refractivity contribution in [3.63, 3.8) is 0 Å². The Morgan fingerprint density at radius 2 is 2.08 bits per heavy atom. The van der Waals surface area contributed by atoms with Crippen LogP contribution in [0.5, 0.6) is 0 Å². The van der Waals surface area contributed by atoms with E-state index in [9.17, 15) is 8.42 Å². The largest absolute Gasteiger partial charge is 0.317 e. The van der Waals surface area contributed by atoms with E-state index in [1.807, 2.05) is 0 Å². The van der Waals surface area contributed by atoms with Gasteiger partial charge in [0, 0.05) is 6.21 Å². The molecule has 0 atom stereocenters. The normalized spacial score (nSPS) is 21.0. The third-order valence-electron chi connectivity index (χ3n) is 2.16. The molecular weight excluding hydrogens is 188 g/mol. The summed E-state index contributed by atoms with van der Waals surface area (Å²) in [7, 11) is -3.17. The molecule has 1 aliphatic rings. The van der Waals surface area contributed by atoms with Crippen LogP contribution in [-0.4, -0.2) is 34.0 Å². The van der Waals surface area contributed by atoms with Crippen LogP contribution < -0.4 is 5.32 Å². The van der Waals surface area contributed by atoms with Gasteiger partial charge in [-0.15, -0.1) is 0 Å². The van der Waals surface area contributed by atoms with E-state index in [0.29, 0.717) is 5.92 Å². The number of nitrogens with zero attached hydrogens (tertiary/aromatic N) is 1. The molecule has 1 heterocycles. The van der Waals surface area contributed by atoms with Gasteiger partial charge in [0.15, 0.2) is 0 Å². The molecule has 1 aliphatic heterocycles.